The Bertz CT molecular complexity index is 394. The molecule has 0 amide bonds. The molecule has 0 fully saturated rings. The first-order valence-corrected chi connectivity index (χ1v) is 5.97. The number of rotatable bonds is 3. The van der Waals surface area contributed by atoms with Gasteiger partial charge in [0.1, 0.15) is 0 Å². The van der Waals surface area contributed by atoms with Gasteiger partial charge in [0.05, 0.1) is 13.8 Å². The second-order valence-corrected chi connectivity index (χ2v) is 4.01. The number of alkyl halides is 1. The van der Waals surface area contributed by atoms with E-state index in [0.717, 1.165) is 15.8 Å². The average molecular weight is 274 g/mol. The molecule has 1 atom stereocenters. The van der Waals surface area contributed by atoms with Gasteiger partial charge < -0.3 is 4.74 Å². The van der Waals surface area contributed by atoms with Crippen LogP contribution < -0.4 is 5.30 Å². The van der Waals surface area contributed by atoms with E-state index in [1.807, 2.05) is 18.2 Å². The Hall–Kier alpha value is -0.860. The van der Waals surface area contributed by atoms with Crippen LogP contribution in [0, 0.1) is 0 Å². The lowest BCUT2D eigenvalue weighted by Gasteiger charge is -1.99. The molecule has 0 aliphatic rings. The van der Waals surface area contributed by atoms with Gasteiger partial charge in [0.25, 0.3) is 0 Å². The number of hydrogen-bond donors (Lipinski definition) is 1. The van der Waals surface area contributed by atoms with Crippen molar-refractivity contribution in [3.8, 4) is 0 Å². The van der Waals surface area contributed by atoms with Crippen LogP contribution in [0.15, 0.2) is 29.2 Å². The van der Waals surface area contributed by atoms with Crippen LogP contribution in [0.2, 0.25) is 0 Å². The first-order valence-electron chi connectivity index (χ1n) is 4.94. The molecule has 0 aliphatic heterocycles. The summed E-state index contributed by atoms with van der Waals surface area (Å²) in [6.07, 6.45) is 3.14. The molecule has 1 unspecified atom stereocenters. The van der Waals surface area contributed by atoms with Crippen molar-refractivity contribution in [1.82, 2.24) is 0 Å². The third kappa shape index (κ3) is 6.44. The third-order valence-electron chi connectivity index (χ3n) is 1.75. The molecular weight excluding hydrogens is 258 g/mol. The molecule has 94 valence electrons. The quantitative estimate of drug-likeness (QED) is 0.397. The van der Waals surface area contributed by atoms with E-state index in [2.05, 4.69) is 21.9 Å². The second-order valence-electron chi connectivity index (χ2n) is 2.90. The molecule has 0 heterocycles. The SMILES string of the molecule is CCOC(=O)/C=C/c1ccc(S)c(P)c1.CF. The molecule has 1 rings (SSSR count). The molecule has 1 aromatic rings. The number of carbonyl (C=O) groups excluding carboxylic acids is 1. The lowest BCUT2D eigenvalue weighted by Crippen LogP contribution is -1.99. The Balaban J connectivity index is 0.00000121. The largest absolute Gasteiger partial charge is 0.463 e. The van der Waals surface area contributed by atoms with Crippen LogP contribution in [0.1, 0.15) is 12.5 Å². The number of thiol groups is 1. The third-order valence-corrected chi connectivity index (χ3v) is 2.88. The number of hydrogen-bond acceptors (Lipinski definition) is 3. The number of ether oxygens (including phenoxy) is 1. The van der Waals surface area contributed by atoms with Crippen molar-refractivity contribution in [1.29, 1.82) is 0 Å². The second kappa shape index (κ2) is 9.20. The van der Waals surface area contributed by atoms with Crippen LogP contribution in [0.25, 0.3) is 6.08 Å². The van der Waals surface area contributed by atoms with E-state index in [1.165, 1.54) is 6.08 Å². The maximum atomic E-state index is 11.0. The molecule has 1 aromatic carbocycles. The van der Waals surface area contributed by atoms with Gasteiger partial charge in [-0.2, -0.15) is 0 Å². The van der Waals surface area contributed by atoms with Crippen molar-refractivity contribution in [3.05, 3.63) is 29.8 Å². The van der Waals surface area contributed by atoms with Gasteiger partial charge in [-0.1, -0.05) is 6.07 Å². The van der Waals surface area contributed by atoms with E-state index in [4.69, 9.17) is 4.74 Å². The molecule has 0 N–H and O–H groups in total. The van der Waals surface area contributed by atoms with Gasteiger partial charge in [0, 0.05) is 11.0 Å². The fraction of sp³-hybridized carbons (Fsp3) is 0.250. The summed E-state index contributed by atoms with van der Waals surface area (Å²) in [6, 6.07) is 5.71. The van der Waals surface area contributed by atoms with E-state index in [9.17, 15) is 9.18 Å². The van der Waals surface area contributed by atoms with Crippen molar-refractivity contribution in [2.24, 2.45) is 0 Å². The molecular formula is C12H16FO2PS. The van der Waals surface area contributed by atoms with Crippen molar-refractivity contribution >= 4 is 39.2 Å². The lowest BCUT2D eigenvalue weighted by molar-refractivity contribution is -0.137. The van der Waals surface area contributed by atoms with Crippen molar-refractivity contribution < 1.29 is 13.9 Å². The normalized spacial score (nSPS) is 9.71. The standard InChI is InChI=1S/C11H13O2PS.CH3F/c1-2-13-11(12)6-4-8-3-5-10(15)9(14)7-8;1-2/h3-7,15H,2,14H2,1H3;1H3/b6-4+;. The fourth-order valence-electron chi connectivity index (χ4n) is 1.03. The van der Waals surface area contributed by atoms with E-state index in [1.54, 1.807) is 13.0 Å². The summed E-state index contributed by atoms with van der Waals surface area (Å²) in [5.74, 6) is -0.322. The molecule has 17 heavy (non-hydrogen) atoms. The van der Waals surface area contributed by atoms with Gasteiger partial charge in [0.2, 0.25) is 0 Å². The number of carbonyl (C=O) groups is 1. The van der Waals surface area contributed by atoms with Crippen molar-refractivity contribution in [2.75, 3.05) is 13.8 Å². The molecule has 5 heteroatoms. The molecule has 0 aromatic heterocycles. The molecule has 0 radical (unpaired) electrons. The van der Waals surface area contributed by atoms with Crippen LogP contribution >= 0.6 is 21.9 Å². The van der Waals surface area contributed by atoms with Gasteiger partial charge >= 0.3 is 5.97 Å². The topological polar surface area (TPSA) is 26.3 Å². The maximum absolute atomic E-state index is 11.0. The van der Waals surface area contributed by atoms with Gasteiger partial charge in [-0.25, -0.2) is 4.79 Å². The van der Waals surface area contributed by atoms with Crippen LogP contribution in [0.3, 0.4) is 0 Å². The molecule has 0 bridgehead atoms. The highest BCUT2D eigenvalue weighted by atomic mass is 32.1. The highest BCUT2D eigenvalue weighted by Gasteiger charge is 1.96. The minimum absolute atomic E-state index is 0.322. The Morgan fingerprint density at radius 3 is 2.71 bits per heavy atom. The zero-order valence-electron chi connectivity index (χ0n) is 9.81. The number of esters is 1. The summed E-state index contributed by atoms with van der Waals surface area (Å²) in [7, 11) is 3.09. The first kappa shape index (κ1) is 16.1. The minimum atomic E-state index is -0.322. The molecule has 0 aliphatic carbocycles. The van der Waals surface area contributed by atoms with Crippen molar-refractivity contribution in [3.63, 3.8) is 0 Å². The van der Waals surface area contributed by atoms with E-state index < -0.39 is 0 Å². The van der Waals surface area contributed by atoms with Crippen LogP contribution in [0.5, 0.6) is 0 Å². The van der Waals surface area contributed by atoms with Gasteiger partial charge in [0.15, 0.2) is 0 Å². The Morgan fingerprint density at radius 1 is 1.53 bits per heavy atom. The zero-order valence-corrected chi connectivity index (χ0v) is 11.9. The number of benzene rings is 1. The zero-order chi connectivity index (χ0) is 13.3. The summed E-state index contributed by atoms with van der Waals surface area (Å²) >= 11 is 4.25. The lowest BCUT2D eigenvalue weighted by atomic mass is 10.2. The van der Waals surface area contributed by atoms with E-state index in [-0.39, 0.29) is 5.97 Å². The summed E-state index contributed by atoms with van der Waals surface area (Å²) in [6.45, 7) is 2.18. The summed E-state index contributed by atoms with van der Waals surface area (Å²) in [5, 5.41) is 1.00. The maximum Gasteiger partial charge on any atom is 0.330 e. The van der Waals surface area contributed by atoms with Gasteiger partial charge in [-0.3, -0.25) is 4.39 Å². The Labute approximate surface area is 109 Å². The smallest absolute Gasteiger partial charge is 0.330 e. The number of halogens is 1. The predicted octanol–water partition coefficient (Wildman–Crippen LogP) is 2.64. The summed E-state index contributed by atoms with van der Waals surface area (Å²) < 4.78 is 14.3. The highest BCUT2D eigenvalue weighted by molar-refractivity contribution is 7.80. The van der Waals surface area contributed by atoms with Gasteiger partial charge in [-0.15, -0.1) is 21.9 Å². The molecule has 0 saturated heterocycles. The predicted molar refractivity (Wildman–Crippen MR) is 75.7 cm³/mol. The van der Waals surface area contributed by atoms with E-state index >= 15 is 0 Å². The fourth-order valence-corrected chi connectivity index (χ4v) is 1.46. The van der Waals surface area contributed by atoms with Crippen LogP contribution in [-0.4, -0.2) is 19.8 Å². The molecule has 0 saturated carbocycles. The van der Waals surface area contributed by atoms with E-state index in [0.29, 0.717) is 13.8 Å². The minimum Gasteiger partial charge on any atom is -0.463 e. The average Bonchev–Trinajstić information content (AvgIpc) is 2.34. The van der Waals surface area contributed by atoms with Gasteiger partial charge in [-0.05, 0) is 36.0 Å². The Kier molecular flexibility index (Phi) is 8.73. The monoisotopic (exact) mass is 274 g/mol. The molecule has 0 spiro atoms. The highest BCUT2D eigenvalue weighted by Crippen LogP contribution is 2.10. The van der Waals surface area contributed by atoms with Crippen LogP contribution in [-0.2, 0) is 9.53 Å². The van der Waals surface area contributed by atoms with Crippen LogP contribution in [0.4, 0.5) is 4.39 Å². The summed E-state index contributed by atoms with van der Waals surface area (Å²) in [5.41, 5.74) is 0.950. The van der Waals surface area contributed by atoms with Crippen molar-refractivity contribution in [2.45, 2.75) is 11.8 Å². The molecule has 2 nitrogen and oxygen atoms in total. The summed E-state index contributed by atoms with van der Waals surface area (Å²) in [4.78, 5) is 11.9. The first-order chi connectivity index (χ1) is 8.13. The Morgan fingerprint density at radius 2 is 2.18 bits per heavy atom.